The van der Waals surface area contributed by atoms with Crippen LogP contribution in [0.3, 0.4) is 0 Å². The van der Waals surface area contributed by atoms with E-state index in [1.165, 1.54) is 32.4 Å². The average Bonchev–Trinajstić information content (AvgIpc) is 2.90. The maximum atomic E-state index is 13.5. The third-order valence-corrected chi connectivity index (χ3v) is 7.16. The molecule has 1 N–H and O–H groups in total. The van der Waals surface area contributed by atoms with E-state index in [9.17, 15) is 13.2 Å². The van der Waals surface area contributed by atoms with Gasteiger partial charge in [0.05, 0.1) is 31.3 Å². The van der Waals surface area contributed by atoms with Gasteiger partial charge in [0.25, 0.3) is 10.0 Å². The molecule has 4 rings (SSSR count). The van der Waals surface area contributed by atoms with Crippen molar-refractivity contribution in [2.24, 2.45) is 0 Å². The Balaban J connectivity index is 1.53. The Morgan fingerprint density at radius 2 is 1.66 bits per heavy atom. The zero-order chi connectivity index (χ0) is 24.8. The molecule has 0 aromatic heterocycles. The first-order valence-corrected chi connectivity index (χ1v) is 12.3. The molecule has 0 fully saturated rings. The first-order chi connectivity index (χ1) is 16.9. The monoisotopic (exact) mass is 498 g/mol. The number of fused-ring (bicyclic) bond motifs is 1. The normalized spacial score (nSPS) is 14.6. The third-order valence-electron chi connectivity index (χ3n) is 5.37. The van der Waals surface area contributed by atoms with Crippen LogP contribution >= 0.6 is 0 Å². The van der Waals surface area contributed by atoms with E-state index in [1.807, 2.05) is 12.1 Å². The molecular formula is C25H26N2O7S. The van der Waals surface area contributed by atoms with E-state index >= 15 is 0 Å². The van der Waals surface area contributed by atoms with Crippen LogP contribution in [0.2, 0.25) is 0 Å². The van der Waals surface area contributed by atoms with Crippen LogP contribution in [0.25, 0.3) is 0 Å². The summed E-state index contributed by atoms with van der Waals surface area (Å²) >= 11 is 0. The number of carbonyl (C=O) groups is 1. The molecule has 1 amide bonds. The molecule has 0 bridgehead atoms. The standard InChI is InChI=1S/C25H26N2O7S/c1-31-21-13-12-18(14-24(21)32-2)27(35(29,30)20-8-4-3-5-9-20)16-25(28)26-15-19-17-33-22-10-6-7-11-23(22)34-19/h3-14,19H,15-17H2,1-2H3,(H,26,28). The van der Waals surface area contributed by atoms with Crippen LogP contribution < -0.4 is 28.6 Å². The highest BCUT2D eigenvalue weighted by atomic mass is 32.2. The lowest BCUT2D eigenvalue weighted by Crippen LogP contribution is -2.45. The molecule has 0 saturated heterocycles. The molecule has 10 heteroatoms. The maximum absolute atomic E-state index is 13.5. The van der Waals surface area contributed by atoms with Gasteiger partial charge in [0.1, 0.15) is 19.3 Å². The number of hydrogen-bond acceptors (Lipinski definition) is 7. The van der Waals surface area contributed by atoms with Gasteiger partial charge in [0.15, 0.2) is 23.0 Å². The SMILES string of the molecule is COc1ccc(N(CC(=O)NCC2COc3ccccc3O2)S(=O)(=O)c2ccccc2)cc1OC. The summed E-state index contributed by atoms with van der Waals surface area (Å²) in [4.78, 5) is 13.0. The van der Waals surface area contributed by atoms with Crippen molar-refractivity contribution < 1.29 is 32.2 Å². The number of anilines is 1. The highest BCUT2D eigenvalue weighted by Crippen LogP contribution is 2.34. The zero-order valence-electron chi connectivity index (χ0n) is 19.3. The van der Waals surface area contributed by atoms with Crippen molar-refractivity contribution in [3.63, 3.8) is 0 Å². The summed E-state index contributed by atoms with van der Waals surface area (Å²) in [5, 5.41) is 2.75. The Morgan fingerprint density at radius 1 is 0.971 bits per heavy atom. The zero-order valence-corrected chi connectivity index (χ0v) is 20.2. The average molecular weight is 499 g/mol. The first-order valence-electron chi connectivity index (χ1n) is 10.9. The van der Waals surface area contributed by atoms with Crippen LogP contribution in [0, 0.1) is 0 Å². The van der Waals surface area contributed by atoms with Crippen LogP contribution in [0.4, 0.5) is 5.69 Å². The smallest absolute Gasteiger partial charge is 0.264 e. The molecule has 0 spiro atoms. The highest BCUT2D eigenvalue weighted by Gasteiger charge is 2.29. The largest absolute Gasteiger partial charge is 0.493 e. The topological polar surface area (TPSA) is 103 Å². The van der Waals surface area contributed by atoms with Crippen LogP contribution in [0.15, 0.2) is 77.7 Å². The van der Waals surface area contributed by atoms with Crippen molar-refractivity contribution in [1.29, 1.82) is 0 Å². The molecule has 1 heterocycles. The molecular weight excluding hydrogens is 472 g/mol. The summed E-state index contributed by atoms with van der Waals surface area (Å²) in [5.41, 5.74) is 0.257. The lowest BCUT2D eigenvalue weighted by Gasteiger charge is -2.27. The number of para-hydroxylation sites is 2. The fourth-order valence-electron chi connectivity index (χ4n) is 3.59. The number of amides is 1. The maximum Gasteiger partial charge on any atom is 0.264 e. The number of carbonyl (C=O) groups excluding carboxylic acids is 1. The molecule has 1 aliphatic heterocycles. The van der Waals surface area contributed by atoms with Gasteiger partial charge in [0, 0.05) is 6.07 Å². The number of methoxy groups -OCH3 is 2. The third kappa shape index (κ3) is 5.43. The number of nitrogens with one attached hydrogen (secondary N) is 1. The second kappa shape index (κ2) is 10.6. The van der Waals surface area contributed by atoms with Crippen LogP contribution in [-0.4, -0.2) is 54.3 Å². The van der Waals surface area contributed by atoms with Gasteiger partial charge in [-0.15, -0.1) is 0 Å². The molecule has 184 valence electrons. The van der Waals surface area contributed by atoms with Gasteiger partial charge < -0.3 is 24.3 Å². The molecule has 0 saturated carbocycles. The molecule has 35 heavy (non-hydrogen) atoms. The van der Waals surface area contributed by atoms with Crippen molar-refractivity contribution in [3.05, 3.63) is 72.8 Å². The van der Waals surface area contributed by atoms with Crippen molar-refractivity contribution in [1.82, 2.24) is 5.32 Å². The van der Waals surface area contributed by atoms with Crippen molar-refractivity contribution in [2.45, 2.75) is 11.0 Å². The molecule has 1 unspecified atom stereocenters. The fourth-order valence-corrected chi connectivity index (χ4v) is 5.03. The van der Waals surface area contributed by atoms with Gasteiger partial charge in [-0.1, -0.05) is 30.3 Å². The predicted molar refractivity (Wildman–Crippen MR) is 130 cm³/mol. The van der Waals surface area contributed by atoms with E-state index < -0.39 is 28.6 Å². The highest BCUT2D eigenvalue weighted by molar-refractivity contribution is 7.92. The van der Waals surface area contributed by atoms with Crippen LogP contribution in [-0.2, 0) is 14.8 Å². The van der Waals surface area contributed by atoms with E-state index in [0.717, 1.165) is 4.31 Å². The summed E-state index contributed by atoms with van der Waals surface area (Å²) in [6.07, 6.45) is -0.408. The lowest BCUT2D eigenvalue weighted by atomic mass is 10.2. The number of hydrogen-bond donors (Lipinski definition) is 1. The van der Waals surface area contributed by atoms with Crippen LogP contribution in [0.5, 0.6) is 23.0 Å². The minimum absolute atomic E-state index is 0.0585. The minimum Gasteiger partial charge on any atom is -0.493 e. The number of sulfonamides is 1. The van der Waals surface area contributed by atoms with Gasteiger partial charge in [-0.2, -0.15) is 0 Å². The van der Waals surface area contributed by atoms with Crippen molar-refractivity contribution >= 4 is 21.6 Å². The summed E-state index contributed by atoms with van der Waals surface area (Å²) in [5.74, 6) is 1.51. The Labute approximate surface area is 204 Å². The molecule has 0 aliphatic carbocycles. The lowest BCUT2D eigenvalue weighted by molar-refractivity contribution is -0.120. The summed E-state index contributed by atoms with van der Waals surface area (Å²) < 4.78 is 50.1. The summed E-state index contributed by atoms with van der Waals surface area (Å²) in [6.45, 7) is -0.0335. The molecule has 3 aromatic carbocycles. The minimum atomic E-state index is -4.06. The molecule has 3 aromatic rings. The molecule has 9 nitrogen and oxygen atoms in total. The Hall–Kier alpha value is -3.92. The Bertz CT molecular complexity index is 1280. The van der Waals surface area contributed by atoms with E-state index in [1.54, 1.807) is 42.5 Å². The Morgan fingerprint density at radius 3 is 2.37 bits per heavy atom. The van der Waals surface area contributed by atoms with Gasteiger partial charge in [0.2, 0.25) is 5.91 Å². The number of ether oxygens (including phenoxy) is 4. The van der Waals surface area contributed by atoms with Gasteiger partial charge in [-0.3, -0.25) is 9.10 Å². The summed E-state index contributed by atoms with van der Waals surface area (Å²) in [7, 11) is -1.12. The van der Waals surface area contributed by atoms with E-state index in [2.05, 4.69) is 5.32 Å². The fraction of sp³-hybridized carbons (Fsp3) is 0.240. The number of benzene rings is 3. The first kappa shape index (κ1) is 24.2. The number of nitrogens with zero attached hydrogens (tertiary/aromatic N) is 1. The van der Waals surface area contributed by atoms with E-state index in [0.29, 0.717) is 23.0 Å². The van der Waals surface area contributed by atoms with Crippen molar-refractivity contribution in [3.8, 4) is 23.0 Å². The molecule has 0 radical (unpaired) electrons. The van der Waals surface area contributed by atoms with Gasteiger partial charge >= 0.3 is 0 Å². The van der Waals surface area contributed by atoms with Crippen LogP contribution in [0.1, 0.15) is 0 Å². The Kier molecular flexibility index (Phi) is 7.31. The van der Waals surface area contributed by atoms with E-state index in [-0.39, 0.29) is 23.7 Å². The molecule has 1 atom stereocenters. The quantitative estimate of drug-likeness (QED) is 0.484. The van der Waals surface area contributed by atoms with E-state index in [4.69, 9.17) is 18.9 Å². The van der Waals surface area contributed by atoms with Gasteiger partial charge in [-0.25, -0.2) is 8.42 Å². The second-order valence-corrected chi connectivity index (χ2v) is 9.53. The number of rotatable bonds is 9. The van der Waals surface area contributed by atoms with Gasteiger partial charge in [-0.05, 0) is 36.4 Å². The van der Waals surface area contributed by atoms with Crippen molar-refractivity contribution in [2.75, 3.05) is 38.2 Å². The second-order valence-electron chi connectivity index (χ2n) is 7.67. The summed E-state index contributed by atoms with van der Waals surface area (Å²) in [6, 6.07) is 19.9. The molecule has 1 aliphatic rings. The predicted octanol–water partition coefficient (Wildman–Crippen LogP) is 2.86.